The minimum absolute atomic E-state index is 0.167. The summed E-state index contributed by atoms with van der Waals surface area (Å²) < 4.78 is 1.99. The van der Waals surface area contributed by atoms with Gasteiger partial charge in [0.2, 0.25) is 0 Å². The van der Waals surface area contributed by atoms with Crippen molar-refractivity contribution < 1.29 is 4.79 Å². The van der Waals surface area contributed by atoms with Gasteiger partial charge >= 0.3 is 0 Å². The molecule has 0 amide bonds. The van der Waals surface area contributed by atoms with E-state index < -0.39 is 0 Å². The van der Waals surface area contributed by atoms with Crippen LogP contribution in [-0.2, 0) is 18.3 Å². The Morgan fingerprint density at radius 1 is 1.62 bits per heavy atom. The van der Waals surface area contributed by atoms with Gasteiger partial charge in [0.15, 0.2) is 0 Å². The van der Waals surface area contributed by atoms with Gasteiger partial charge in [-0.1, -0.05) is 13.8 Å². The fraction of sp³-hybridized carbons (Fsp3) is 0.600. The molecule has 3 heteroatoms. The predicted octanol–water partition coefficient (Wildman–Crippen LogP) is 1.68. The smallest absolute Gasteiger partial charge is 0.135 e. The Kier molecular flexibility index (Phi) is 2.86. The maximum Gasteiger partial charge on any atom is 0.135 e. The zero-order chi connectivity index (χ0) is 10.0. The summed E-state index contributed by atoms with van der Waals surface area (Å²) in [4.78, 5) is 15.2. The third-order valence-electron chi connectivity index (χ3n) is 2.03. The first kappa shape index (κ1) is 9.96. The topological polar surface area (TPSA) is 34.9 Å². The summed E-state index contributed by atoms with van der Waals surface area (Å²) >= 11 is 0. The van der Waals surface area contributed by atoms with E-state index in [1.807, 2.05) is 11.6 Å². The molecule has 0 aliphatic heterocycles. The van der Waals surface area contributed by atoms with Crippen LogP contribution in [0.1, 0.15) is 38.1 Å². The molecule has 0 aliphatic rings. The van der Waals surface area contributed by atoms with Gasteiger partial charge in [0, 0.05) is 12.7 Å². The Morgan fingerprint density at radius 3 is 2.69 bits per heavy atom. The Labute approximate surface area is 78.8 Å². The van der Waals surface area contributed by atoms with Crippen LogP contribution < -0.4 is 0 Å². The average molecular weight is 180 g/mol. The number of carbonyl (C=O) groups excluding carboxylic acids is 1. The number of imidazole rings is 1. The summed E-state index contributed by atoms with van der Waals surface area (Å²) in [6.45, 7) is 5.82. The lowest BCUT2D eigenvalue weighted by molar-refractivity contribution is -0.116. The summed E-state index contributed by atoms with van der Waals surface area (Å²) in [5.74, 6) is 0.586. The molecule has 0 atom stereocenters. The number of rotatable bonds is 3. The summed E-state index contributed by atoms with van der Waals surface area (Å²) in [6.07, 6.45) is 2.22. The molecule has 0 spiro atoms. The van der Waals surface area contributed by atoms with Gasteiger partial charge in [0.05, 0.1) is 18.4 Å². The molecule has 72 valence electrons. The monoisotopic (exact) mass is 180 g/mol. The first-order chi connectivity index (χ1) is 6.02. The van der Waals surface area contributed by atoms with Crippen LogP contribution in [0.2, 0.25) is 0 Å². The third-order valence-corrected chi connectivity index (χ3v) is 2.03. The number of aromatic nitrogens is 2. The Hall–Kier alpha value is -1.12. The molecule has 1 rings (SSSR count). The van der Waals surface area contributed by atoms with Crippen LogP contribution in [0, 0.1) is 0 Å². The lowest BCUT2D eigenvalue weighted by Crippen LogP contribution is -2.05. The highest BCUT2D eigenvalue weighted by Crippen LogP contribution is 2.18. The highest BCUT2D eigenvalue weighted by atomic mass is 16.1. The van der Waals surface area contributed by atoms with Gasteiger partial charge in [0.1, 0.15) is 5.78 Å². The van der Waals surface area contributed by atoms with Gasteiger partial charge in [-0.25, -0.2) is 4.98 Å². The van der Waals surface area contributed by atoms with E-state index in [4.69, 9.17) is 0 Å². The number of aryl methyl sites for hydroxylation is 1. The van der Waals surface area contributed by atoms with Crippen LogP contribution in [0.5, 0.6) is 0 Å². The summed E-state index contributed by atoms with van der Waals surface area (Å²) in [7, 11) is 1.96. The first-order valence-corrected chi connectivity index (χ1v) is 4.52. The van der Waals surface area contributed by atoms with Crippen molar-refractivity contribution in [1.29, 1.82) is 0 Å². The molecular weight excluding hydrogens is 164 g/mol. The van der Waals surface area contributed by atoms with Crippen LogP contribution in [0.3, 0.4) is 0 Å². The molecule has 0 radical (unpaired) electrons. The Balaban J connectivity index is 3.00. The van der Waals surface area contributed by atoms with Gasteiger partial charge < -0.3 is 4.57 Å². The molecule has 1 aromatic heterocycles. The maximum atomic E-state index is 10.9. The minimum atomic E-state index is 0.167. The standard InChI is InChI=1S/C10H16N2O/c1-7(2)10-9(5-8(3)13)11-6-12(10)4/h6-7H,5H2,1-4H3. The van der Waals surface area contributed by atoms with Crippen LogP contribution in [0.25, 0.3) is 0 Å². The third kappa shape index (κ3) is 2.17. The van der Waals surface area contributed by atoms with E-state index in [2.05, 4.69) is 18.8 Å². The van der Waals surface area contributed by atoms with Gasteiger partial charge in [-0.3, -0.25) is 4.79 Å². The highest BCUT2D eigenvalue weighted by Gasteiger charge is 2.13. The van der Waals surface area contributed by atoms with E-state index >= 15 is 0 Å². The van der Waals surface area contributed by atoms with E-state index in [0.29, 0.717) is 12.3 Å². The van der Waals surface area contributed by atoms with Crippen LogP contribution in [0.15, 0.2) is 6.33 Å². The molecular formula is C10H16N2O. The van der Waals surface area contributed by atoms with E-state index in [0.717, 1.165) is 11.4 Å². The molecule has 0 bridgehead atoms. The van der Waals surface area contributed by atoms with E-state index in [-0.39, 0.29) is 5.78 Å². The minimum Gasteiger partial charge on any atom is -0.337 e. The van der Waals surface area contributed by atoms with Crippen molar-refractivity contribution in [3.8, 4) is 0 Å². The molecule has 0 saturated carbocycles. The van der Waals surface area contributed by atoms with Gasteiger partial charge in [-0.2, -0.15) is 0 Å². The van der Waals surface area contributed by atoms with E-state index in [9.17, 15) is 4.79 Å². The second-order valence-electron chi connectivity index (χ2n) is 3.72. The Bertz CT molecular complexity index is 313. The molecule has 1 aromatic rings. The zero-order valence-corrected chi connectivity index (χ0v) is 8.66. The van der Waals surface area contributed by atoms with Crippen LogP contribution >= 0.6 is 0 Å². The number of ketones is 1. The normalized spacial score (nSPS) is 10.8. The summed E-state index contributed by atoms with van der Waals surface area (Å²) in [5.41, 5.74) is 2.08. The van der Waals surface area contributed by atoms with Crippen molar-refractivity contribution in [3.05, 3.63) is 17.7 Å². The number of hydrogen-bond donors (Lipinski definition) is 0. The van der Waals surface area contributed by atoms with Crippen molar-refractivity contribution in [1.82, 2.24) is 9.55 Å². The SMILES string of the molecule is CC(=O)Cc1ncn(C)c1C(C)C. The number of carbonyl (C=O) groups is 1. The van der Waals surface area contributed by atoms with Gasteiger partial charge in [-0.15, -0.1) is 0 Å². The zero-order valence-electron chi connectivity index (χ0n) is 8.66. The van der Waals surface area contributed by atoms with E-state index in [1.54, 1.807) is 13.3 Å². The largest absolute Gasteiger partial charge is 0.337 e. The molecule has 13 heavy (non-hydrogen) atoms. The number of Topliss-reactive ketones (excluding diaryl/α,β-unsaturated/α-hetero) is 1. The number of nitrogens with zero attached hydrogens (tertiary/aromatic N) is 2. The van der Waals surface area contributed by atoms with Gasteiger partial charge in [-0.05, 0) is 12.8 Å². The van der Waals surface area contributed by atoms with Crippen molar-refractivity contribution in [2.75, 3.05) is 0 Å². The fourth-order valence-electron chi connectivity index (χ4n) is 1.60. The maximum absolute atomic E-state index is 10.9. The number of hydrogen-bond acceptors (Lipinski definition) is 2. The van der Waals surface area contributed by atoms with Crippen LogP contribution in [-0.4, -0.2) is 15.3 Å². The fourth-order valence-corrected chi connectivity index (χ4v) is 1.60. The predicted molar refractivity (Wildman–Crippen MR) is 51.7 cm³/mol. The average Bonchev–Trinajstić information content (AvgIpc) is 2.30. The highest BCUT2D eigenvalue weighted by molar-refractivity contribution is 5.78. The van der Waals surface area contributed by atoms with Crippen LogP contribution in [0.4, 0.5) is 0 Å². The van der Waals surface area contributed by atoms with E-state index in [1.165, 1.54) is 0 Å². The lowest BCUT2D eigenvalue weighted by Gasteiger charge is -2.08. The molecule has 0 N–H and O–H groups in total. The second kappa shape index (κ2) is 3.73. The Morgan fingerprint density at radius 2 is 2.23 bits per heavy atom. The van der Waals surface area contributed by atoms with Crippen molar-refractivity contribution in [2.24, 2.45) is 7.05 Å². The molecule has 0 aromatic carbocycles. The molecule has 1 heterocycles. The molecule has 0 fully saturated rings. The quantitative estimate of drug-likeness (QED) is 0.709. The van der Waals surface area contributed by atoms with Crippen molar-refractivity contribution in [2.45, 2.75) is 33.1 Å². The molecule has 0 aliphatic carbocycles. The molecule has 0 saturated heterocycles. The molecule has 3 nitrogen and oxygen atoms in total. The molecule has 0 unspecified atom stereocenters. The van der Waals surface area contributed by atoms with Gasteiger partial charge in [0.25, 0.3) is 0 Å². The van der Waals surface area contributed by atoms with Crippen molar-refractivity contribution in [3.63, 3.8) is 0 Å². The van der Waals surface area contributed by atoms with Crippen molar-refractivity contribution >= 4 is 5.78 Å². The lowest BCUT2D eigenvalue weighted by atomic mass is 10.1. The summed E-state index contributed by atoms with van der Waals surface area (Å²) in [5, 5.41) is 0. The first-order valence-electron chi connectivity index (χ1n) is 4.52. The summed E-state index contributed by atoms with van der Waals surface area (Å²) in [6, 6.07) is 0. The second-order valence-corrected chi connectivity index (χ2v) is 3.72.